The summed E-state index contributed by atoms with van der Waals surface area (Å²) in [6.07, 6.45) is 6.42. The van der Waals surface area contributed by atoms with Crippen molar-refractivity contribution in [3.63, 3.8) is 0 Å². The van der Waals surface area contributed by atoms with E-state index in [1.54, 1.807) is 7.11 Å². The number of methoxy groups -OCH3 is 1. The van der Waals surface area contributed by atoms with Gasteiger partial charge in [0.15, 0.2) is 0 Å². The Morgan fingerprint density at radius 2 is 1.45 bits per heavy atom. The van der Waals surface area contributed by atoms with Crippen LogP contribution in [-0.2, 0) is 19.1 Å². The normalized spacial score (nSPS) is 14.9. The van der Waals surface area contributed by atoms with Crippen LogP contribution in [0.25, 0.3) is 0 Å². The first-order valence-electron chi connectivity index (χ1n) is 12.7. The number of unbranched alkanes of at least 4 members (excludes halogenated alkanes) is 2. The molecular weight excluding hydrogens is 490 g/mol. The summed E-state index contributed by atoms with van der Waals surface area (Å²) < 4.78 is 11.9. The van der Waals surface area contributed by atoms with Crippen LogP contribution >= 0.6 is 0 Å². The zero-order valence-corrected chi connectivity index (χ0v) is 21.7. The highest BCUT2D eigenvalue weighted by molar-refractivity contribution is 5.89. The number of ether oxygens (including phenoxy) is 2. The molecule has 1 aliphatic heterocycles. The summed E-state index contributed by atoms with van der Waals surface area (Å²) >= 11 is 0. The van der Waals surface area contributed by atoms with Crippen molar-refractivity contribution < 1.29 is 39.2 Å². The maximum atomic E-state index is 10.6. The van der Waals surface area contributed by atoms with Crippen LogP contribution in [0.4, 0.5) is 0 Å². The number of likely N-dealkylation sites (tertiary alicyclic amines) is 1. The van der Waals surface area contributed by atoms with Crippen LogP contribution in [0, 0.1) is 0 Å². The molecule has 2 aromatic rings. The Balaban J connectivity index is 0.000000550. The molecule has 0 bridgehead atoms. The SMILES string of the molecule is COc1ccc(C(OC2CCN(CCCCCC(=O)O)CC2)c2ccccc2)cc1.O=C(O)C=CC(=O)O. The van der Waals surface area contributed by atoms with Crippen LogP contribution in [0.1, 0.15) is 55.8 Å². The molecule has 9 nitrogen and oxygen atoms in total. The minimum atomic E-state index is -1.26. The minimum Gasteiger partial charge on any atom is -0.497 e. The number of rotatable bonds is 13. The Morgan fingerprint density at radius 3 is 1.97 bits per heavy atom. The summed E-state index contributed by atoms with van der Waals surface area (Å²) in [6.45, 7) is 3.12. The molecule has 2 aromatic carbocycles. The number of carboxylic acid groups (broad SMARTS) is 3. The van der Waals surface area contributed by atoms with Gasteiger partial charge in [-0.25, -0.2) is 9.59 Å². The van der Waals surface area contributed by atoms with Crippen LogP contribution in [-0.4, -0.2) is 71.0 Å². The van der Waals surface area contributed by atoms with Gasteiger partial charge in [-0.1, -0.05) is 48.9 Å². The molecule has 206 valence electrons. The van der Waals surface area contributed by atoms with Crippen LogP contribution in [0.2, 0.25) is 0 Å². The molecule has 9 heteroatoms. The number of hydrogen-bond donors (Lipinski definition) is 3. The van der Waals surface area contributed by atoms with Gasteiger partial charge in [0.05, 0.1) is 13.2 Å². The summed E-state index contributed by atoms with van der Waals surface area (Å²) in [6, 6.07) is 18.5. The molecule has 3 N–H and O–H groups in total. The summed E-state index contributed by atoms with van der Waals surface area (Å²) in [4.78, 5) is 32.2. The fourth-order valence-electron chi connectivity index (χ4n) is 4.15. The topological polar surface area (TPSA) is 134 Å². The number of nitrogens with zero attached hydrogens (tertiary/aromatic N) is 1. The molecular formula is C29H37NO8. The predicted molar refractivity (Wildman–Crippen MR) is 142 cm³/mol. The second-order valence-corrected chi connectivity index (χ2v) is 8.96. The monoisotopic (exact) mass is 527 g/mol. The smallest absolute Gasteiger partial charge is 0.328 e. The third kappa shape index (κ3) is 12.0. The molecule has 0 radical (unpaired) electrons. The summed E-state index contributed by atoms with van der Waals surface area (Å²) in [5, 5.41) is 24.3. The first kappa shape index (κ1) is 30.5. The van der Waals surface area contributed by atoms with E-state index in [1.807, 2.05) is 18.2 Å². The van der Waals surface area contributed by atoms with Gasteiger partial charge in [0.1, 0.15) is 11.9 Å². The molecule has 1 aliphatic rings. The van der Waals surface area contributed by atoms with Crippen molar-refractivity contribution in [2.45, 2.75) is 50.7 Å². The number of carbonyl (C=O) groups is 3. The van der Waals surface area contributed by atoms with Gasteiger partial charge in [0, 0.05) is 31.7 Å². The first-order chi connectivity index (χ1) is 18.3. The van der Waals surface area contributed by atoms with E-state index in [0.717, 1.165) is 63.1 Å². The fraction of sp³-hybridized carbons (Fsp3) is 0.414. The summed E-state index contributed by atoms with van der Waals surface area (Å²) in [7, 11) is 1.68. The van der Waals surface area contributed by atoms with Crippen LogP contribution in [0.15, 0.2) is 66.7 Å². The van der Waals surface area contributed by atoms with Crippen molar-refractivity contribution in [2.75, 3.05) is 26.7 Å². The lowest BCUT2D eigenvalue weighted by Gasteiger charge is -2.34. The highest BCUT2D eigenvalue weighted by Gasteiger charge is 2.24. The standard InChI is InChI=1S/C25H33NO4.C4H4O4/c1-29-22-13-11-21(12-14-22)25(20-8-4-2-5-9-20)30-23-15-18-26(19-16-23)17-7-3-6-10-24(27)28;5-3(6)1-2-4(7)8/h2,4-5,8-9,11-14,23,25H,3,6-7,10,15-19H2,1H3,(H,27,28);1-2H,(H,5,6)(H,7,8). The van der Waals surface area contributed by atoms with Crippen LogP contribution in [0.5, 0.6) is 5.75 Å². The zero-order valence-electron chi connectivity index (χ0n) is 21.7. The molecule has 1 unspecified atom stereocenters. The lowest BCUT2D eigenvalue weighted by atomic mass is 10.00. The van der Waals surface area contributed by atoms with Gasteiger partial charge in [-0.2, -0.15) is 0 Å². The summed E-state index contributed by atoms with van der Waals surface area (Å²) in [5.74, 6) is -2.36. The molecule has 0 amide bonds. The lowest BCUT2D eigenvalue weighted by Crippen LogP contribution is -2.38. The van der Waals surface area contributed by atoms with Crippen LogP contribution in [0.3, 0.4) is 0 Å². The van der Waals surface area contributed by atoms with E-state index in [2.05, 4.69) is 41.3 Å². The van der Waals surface area contributed by atoms with Crippen LogP contribution < -0.4 is 4.74 Å². The van der Waals surface area contributed by atoms with Gasteiger partial charge < -0.3 is 29.7 Å². The van der Waals surface area contributed by atoms with Gasteiger partial charge in [0.2, 0.25) is 0 Å². The molecule has 0 aliphatic carbocycles. The van der Waals surface area contributed by atoms with E-state index in [-0.39, 0.29) is 18.6 Å². The van der Waals surface area contributed by atoms with Crippen molar-refractivity contribution in [2.24, 2.45) is 0 Å². The van der Waals surface area contributed by atoms with E-state index in [9.17, 15) is 14.4 Å². The van der Waals surface area contributed by atoms with Crippen molar-refractivity contribution in [3.8, 4) is 5.75 Å². The van der Waals surface area contributed by atoms with E-state index in [1.165, 1.54) is 5.56 Å². The van der Waals surface area contributed by atoms with Gasteiger partial charge >= 0.3 is 17.9 Å². The Labute approximate surface area is 223 Å². The van der Waals surface area contributed by atoms with E-state index >= 15 is 0 Å². The van der Waals surface area contributed by atoms with Crippen molar-refractivity contribution in [1.82, 2.24) is 4.90 Å². The number of benzene rings is 2. The van der Waals surface area contributed by atoms with Crippen molar-refractivity contribution >= 4 is 17.9 Å². The molecule has 38 heavy (non-hydrogen) atoms. The highest BCUT2D eigenvalue weighted by atomic mass is 16.5. The Hall–Kier alpha value is -3.69. The van der Waals surface area contributed by atoms with E-state index < -0.39 is 17.9 Å². The van der Waals surface area contributed by atoms with Gasteiger partial charge in [-0.3, -0.25) is 4.79 Å². The van der Waals surface area contributed by atoms with Gasteiger partial charge in [-0.05, 0) is 55.5 Å². The Morgan fingerprint density at radius 1 is 0.868 bits per heavy atom. The molecule has 3 rings (SSSR count). The average molecular weight is 528 g/mol. The molecule has 0 aromatic heterocycles. The number of hydrogen-bond acceptors (Lipinski definition) is 6. The van der Waals surface area contributed by atoms with E-state index in [0.29, 0.717) is 12.2 Å². The van der Waals surface area contributed by atoms with Gasteiger partial charge in [-0.15, -0.1) is 0 Å². The maximum absolute atomic E-state index is 10.6. The summed E-state index contributed by atoms with van der Waals surface area (Å²) in [5.41, 5.74) is 2.31. The Bertz CT molecular complexity index is 999. The second-order valence-electron chi connectivity index (χ2n) is 8.96. The lowest BCUT2D eigenvalue weighted by molar-refractivity contribution is -0.137. The quantitative estimate of drug-likeness (QED) is 0.252. The maximum Gasteiger partial charge on any atom is 0.328 e. The third-order valence-electron chi connectivity index (χ3n) is 6.12. The number of aliphatic carboxylic acids is 3. The molecule has 1 fully saturated rings. The molecule has 0 spiro atoms. The number of piperidine rings is 1. The predicted octanol–water partition coefficient (Wildman–Crippen LogP) is 4.62. The van der Waals surface area contributed by atoms with E-state index in [4.69, 9.17) is 24.8 Å². The largest absolute Gasteiger partial charge is 0.497 e. The van der Waals surface area contributed by atoms with Crippen molar-refractivity contribution in [3.05, 3.63) is 77.9 Å². The third-order valence-corrected chi connectivity index (χ3v) is 6.12. The second kappa shape index (κ2) is 16.9. The minimum absolute atomic E-state index is 0.0790. The average Bonchev–Trinajstić information content (AvgIpc) is 2.92. The first-order valence-corrected chi connectivity index (χ1v) is 12.7. The van der Waals surface area contributed by atoms with Crippen molar-refractivity contribution in [1.29, 1.82) is 0 Å². The molecule has 1 atom stereocenters. The zero-order chi connectivity index (χ0) is 27.8. The molecule has 1 saturated heterocycles. The Kier molecular flexibility index (Phi) is 13.6. The number of carboxylic acids is 3. The highest BCUT2D eigenvalue weighted by Crippen LogP contribution is 2.31. The van der Waals surface area contributed by atoms with Gasteiger partial charge in [0.25, 0.3) is 0 Å². The molecule has 1 heterocycles. The fourth-order valence-corrected chi connectivity index (χ4v) is 4.15. The molecule has 0 saturated carbocycles.